The SMILES string of the molecule is CCOC(=O)C(CO)C1CCCCc2ccccc21. The number of aliphatic hydroxyl groups is 1. The number of hydrogen-bond acceptors (Lipinski definition) is 3. The lowest BCUT2D eigenvalue weighted by molar-refractivity contribution is -0.150. The Labute approximate surface area is 114 Å². The van der Waals surface area contributed by atoms with Gasteiger partial charge in [0.15, 0.2) is 0 Å². The zero-order chi connectivity index (χ0) is 13.7. The Hall–Kier alpha value is -1.35. The minimum atomic E-state index is -0.431. The van der Waals surface area contributed by atoms with Crippen molar-refractivity contribution in [2.24, 2.45) is 5.92 Å². The molecule has 3 heteroatoms. The topological polar surface area (TPSA) is 46.5 Å². The first kappa shape index (κ1) is 14.1. The highest BCUT2D eigenvalue weighted by molar-refractivity contribution is 5.74. The summed E-state index contributed by atoms with van der Waals surface area (Å²) in [7, 11) is 0. The maximum absolute atomic E-state index is 12.0. The smallest absolute Gasteiger partial charge is 0.311 e. The summed E-state index contributed by atoms with van der Waals surface area (Å²) in [6, 6.07) is 8.27. The van der Waals surface area contributed by atoms with Crippen LogP contribution in [0.5, 0.6) is 0 Å². The van der Waals surface area contributed by atoms with Gasteiger partial charge in [-0.05, 0) is 43.2 Å². The molecule has 2 atom stereocenters. The van der Waals surface area contributed by atoms with E-state index in [9.17, 15) is 9.90 Å². The fraction of sp³-hybridized carbons (Fsp3) is 0.562. The maximum Gasteiger partial charge on any atom is 0.311 e. The first-order valence-electron chi connectivity index (χ1n) is 7.13. The summed E-state index contributed by atoms with van der Waals surface area (Å²) >= 11 is 0. The van der Waals surface area contributed by atoms with Crippen LogP contribution in [0.2, 0.25) is 0 Å². The molecule has 0 saturated carbocycles. The second-order valence-corrected chi connectivity index (χ2v) is 5.09. The number of carbonyl (C=O) groups is 1. The quantitative estimate of drug-likeness (QED) is 0.670. The molecule has 0 amide bonds. The normalized spacial score (nSPS) is 20.2. The van der Waals surface area contributed by atoms with E-state index in [0.717, 1.165) is 25.7 Å². The molecule has 2 unspecified atom stereocenters. The molecule has 0 radical (unpaired) electrons. The number of aliphatic hydroxyl groups excluding tert-OH is 1. The second kappa shape index (κ2) is 6.71. The van der Waals surface area contributed by atoms with E-state index in [0.29, 0.717) is 6.61 Å². The third-order valence-corrected chi connectivity index (χ3v) is 3.94. The van der Waals surface area contributed by atoms with Crippen molar-refractivity contribution in [3.05, 3.63) is 35.4 Å². The van der Waals surface area contributed by atoms with Crippen molar-refractivity contribution in [3.8, 4) is 0 Å². The largest absolute Gasteiger partial charge is 0.466 e. The van der Waals surface area contributed by atoms with E-state index < -0.39 is 5.92 Å². The van der Waals surface area contributed by atoms with E-state index in [-0.39, 0.29) is 18.5 Å². The second-order valence-electron chi connectivity index (χ2n) is 5.09. The highest BCUT2D eigenvalue weighted by Gasteiger charge is 2.32. The molecule has 0 fully saturated rings. The van der Waals surface area contributed by atoms with Crippen molar-refractivity contribution in [3.63, 3.8) is 0 Å². The van der Waals surface area contributed by atoms with Crippen LogP contribution in [-0.2, 0) is 16.0 Å². The first-order chi connectivity index (χ1) is 9.27. The van der Waals surface area contributed by atoms with E-state index in [1.807, 2.05) is 12.1 Å². The zero-order valence-electron chi connectivity index (χ0n) is 11.5. The molecule has 0 aliphatic heterocycles. The van der Waals surface area contributed by atoms with Gasteiger partial charge >= 0.3 is 5.97 Å². The first-order valence-corrected chi connectivity index (χ1v) is 7.13. The molecule has 0 heterocycles. The Kier molecular flexibility index (Phi) is 4.97. The van der Waals surface area contributed by atoms with Gasteiger partial charge < -0.3 is 9.84 Å². The molecule has 1 aromatic rings. The third kappa shape index (κ3) is 3.16. The number of rotatable bonds is 4. The lowest BCUT2D eigenvalue weighted by atomic mass is 9.82. The van der Waals surface area contributed by atoms with Crippen LogP contribution in [0.1, 0.15) is 43.2 Å². The number of benzene rings is 1. The molecule has 0 saturated heterocycles. The van der Waals surface area contributed by atoms with Gasteiger partial charge in [0, 0.05) is 0 Å². The predicted octanol–water partition coefficient (Wildman–Crippen LogP) is 2.67. The molecule has 0 spiro atoms. The summed E-state index contributed by atoms with van der Waals surface area (Å²) in [5.41, 5.74) is 2.53. The predicted molar refractivity (Wildman–Crippen MR) is 73.9 cm³/mol. The van der Waals surface area contributed by atoms with Crippen molar-refractivity contribution in [1.82, 2.24) is 0 Å². The van der Waals surface area contributed by atoms with Gasteiger partial charge in [0.05, 0.1) is 19.1 Å². The molecule has 0 aromatic heterocycles. The summed E-state index contributed by atoms with van der Waals surface area (Å²) in [6.07, 6.45) is 4.25. The summed E-state index contributed by atoms with van der Waals surface area (Å²) in [5, 5.41) is 9.59. The van der Waals surface area contributed by atoms with E-state index >= 15 is 0 Å². The number of hydrogen-bond donors (Lipinski definition) is 1. The monoisotopic (exact) mass is 262 g/mol. The summed E-state index contributed by atoms with van der Waals surface area (Å²) < 4.78 is 5.11. The Bertz CT molecular complexity index is 428. The van der Waals surface area contributed by atoms with Crippen LogP contribution in [0.3, 0.4) is 0 Å². The lowest BCUT2D eigenvalue weighted by Crippen LogP contribution is -2.28. The summed E-state index contributed by atoms with van der Waals surface area (Å²) in [4.78, 5) is 12.0. The Morgan fingerprint density at radius 2 is 2.21 bits per heavy atom. The van der Waals surface area contributed by atoms with Crippen molar-refractivity contribution in [2.75, 3.05) is 13.2 Å². The molecule has 0 bridgehead atoms. The van der Waals surface area contributed by atoms with Crippen molar-refractivity contribution < 1.29 is 14.6 Å². The fourth-order valence-electron chi connectivity index (χ4n) is 2.99. The van der Waals surface area contributed by atoms with Gasteiger partial charge in [0.2, 0.25) is 0 Å². The molecular formula is C16H22O3. The summed E-state index contributed by atoms with van der Waals surface area (Å²) in [6.45, 7) is 2.02. The van der Waals surface area contributed by atoms with Gasteiger partial charge in [-0.2, -0.15) is 0 Å². The average molecular weight is 262 g/mol. The molecule has 19 heavy (non-hydrogen) atoms. The van der Waals surface area contributed by atoms with Crippen molar-refractivity contribution >= 4 is 5.97 Å². The van der Waals surface area contributed by atoms with Gasteiger partial charge in [0.1, 0.15) is 0 Å². The van der Waals surface area contributed by atoms with Gasteiger partial charge in [0.25, 0.3) is 0 Å². The average Bonchev–Trinajstić information content (AvgIpc) is 2.63. The Balaban J connectivity index is 2.29. The highest BCUT2D eigenvalue weighted by Crippen LogP contribution is 2.36. The van der Waals surface area contributed by atoms with Crippen LogP contribution in [0.25, 0.3) is 0 Å². The molecular weight excluding hydrogens is 240 g/mol. The number of fused-ring (bicyclic) bond motifs is 1. The Morgan fingerprint density at radius 3 is 2.95 bits per heavy atom. The summed E-state index contributed by atoms with van der Waals surface area (Å²) in [5.74, 6) is -0.617. The van der Waals surface area contributed by atoms with Crippen LogP contribution in [-0.4, -0.2) is 24.3 Å². The minimum Gasteiger partial charge on any atom is -0.466 e. The number of aryl methyl sites for hydroxylation is 1. The van der Waals surface area contributed by atoms with Crippen molar-refractivity contribution in [2.45, 2.75) is 38.5 Å². The number of ether oxygens (including phenoxy) is 1. The minimum absolute atomic E-state index is 0.0859. The molecule has 3 nitrogen and oxygen atoms in total. The number of carbonyl (C=O) groups excluding carboxylic acids is 1. The van der Waals surface area contributed by atoms with Crippen LogP contribution in [0.15, 0.2) is 24.3 Å². The van der Waals surface area contributed by atoms with Gasteiger partial charge in [-0.1, -0.05) is 30.7 Å². The zero-order valence-corrected chi connectivity index (χ0v) is 11.5. The third-order valence-electron chi connectivity index (χ3n) is 3.94. The molecule has 1 aromatic carbocycles. The standard InChI is InChI=1S/C16H22O3/c1-2-19-16(18)15(11-17)14-10-6-4-8-12-7-3-5-9-13(12)14/h3,5,7,9,14-15,17H,2,4,6,8,10-11H2,1H3. The molecule has 1 aliphatic rings. The Morgan fingerprint density at radius 1 is 1.42 bits per heavy atom. The molecule has 1 aliphatic carbocycles. The molecule has 1 N–H and O–H groups in total. The maximum atomic E-state index is 12.0. The molecule has 104 valence electrons. The lowest BCUT2D eigenvalue weighted by Gasteiger charge is -2.24. The fourth-order valence-corrected chi connectivity index (χ4v) is 2.99. The van der Waals surface area contributed by atoms with E-state index in [1.165, 1.54) is 11.1 Å². The van der Waals surface area contributed by atoms with Crippen LogP contribution < -0.4 is 0 Å². The van der Waals surface area contributed by atoms with Gasteiger partial charge in [-0.15, -0.1) is 0 Å². The van der Waals surface area contributed by atoms with E-state index in [2.05, 4.69) is 12.1 Å². The van der Waals surface area contributed by atoms with Crippen molar-refractivity contribution in [1.29, 1.82) is 0 Å². The van der Waals surface area contributed by atoms with Crippen LogP contribution in [0.4, 0.5) is 0 Å². The van der Waals surface area contributed by atoms with E-state index in [4.69, 9.17) is 4.74 Å². The van der Waals surface area contributed by atoms with Gasteiger partial charge in [-0.3, -0.25) is 4.79 Å². The molecule has 2 rings (SSSR count). The van der Waals surface area contributed by atoms with Crippen LogP contribution >= 0.6 is 0 Å². The highest BCUT2D eigenvalue weighted by atomic mass is 16.5. The number of esters is 1. The van der Waals surface area contributed by atoms with E-state index in [1.54, 1.807) is 6.92 Å². The van der Waals surface area contributed by atoms with Gasteiger partial charge in [-0.25, -0.2) is 0 Å². The van der Waals surface area contributed by atoms with Crippen LogP contribution in [0, 0.1) is 5.92 Å².